The van der Waals surface area contributed by atoms with Crippen molar-refractivity contribution >= 4 is 11.7 Å². The number of rotatable bonds is 5. The van der Waals surface area contributed by atoms with Gasteiger partial charge in [-0.1, -0.05) is 0 Å². The van der Waals surface area contributed by atoms with Crippen LogP contribution < -0.4 is 10.5 Å². The second kappa shape index (κ2) is 5.73. The fraction of sp³-hybridized carbons (Fsp3) is 0.333. The SMILES string of the molecule is CC(=O)CCOc1ccc(C(N)=O)cc1C(F)(F)F. The van der Waals surface area contributed by atoms with Gasteiger partial charge in [-0.2, -0.15) is 13.2 Å². The third kappa shape index (κ3) is 4.27. The second-order valence-electron chi connectivity index (χ2n) is 3.87. The van der Waals surface area contributed by atoms with Gasteiger partial charge < -0.3 is 10.5 Å². The van der Waals surface area contributed by atoms with Crippen molar-refractivity contribution in [3.05, 3.63) is 29.3 Å². The molecule has 7 heteroatoms. The van der Waals surface area contributed by atoms with Crippen LogP contribution in [-0.2, 0) is 11.0 Å². The highest BCUT2D eigenvalue weighted by atomic mass is 19.4. The second-order valence-corrected chi connectivity index (χ2v) is 3.87. The normalized spacial score (nSPS) is 11.2. The van der Waals surface area contributed by atoms with Gasteiger partial charge in [0.05, 0.1) is 12.2 Å². The van der Waals surface area contributed by atoms with Crippen LogP contribution in [0.1, 0.15) is 29.3 Å². The summed E-state index contributed by atoms with van der Waals surface area (Å²) in [6.45, 7) is 1.15. The Balaban J connectivity index is 3.03. The molecule has 0 aliphatic heterocycles. The van der Waals surface area contributed by atoms with Crippen molar-refractivity contribution in [2.24, 2.45) is 5.73 Å². The first-order chi connectivity index (χ1) is 8.71. The molecule has 0 aromatic heterocycles. The number of benzene rings is 1. The highest BCUT2D eigenvalue weighted by molar-refractivity contribution is 5.93. The number of nitrogens with two attached hydrogens (primary N) is 1. The van der Waals surface area contributed by atoms with Crippen LogP contribution in [0.15, 0.2) is 18.2 Å². The molecule has 19 heavy (non-hydrogen) atoms. The fourth-order valence-electron chi connectivity index (χ4n) is 1.34. The van der Waals surface area contributed by atoms with E-state index in [-0.39, 0.29) is 24.4 Å². The Morgan fingerprint density at radius 2 is 1.95 bits per heavy atom. The monoisotopic (exact) mass is 275 g/mol. The molecule has 0 heterocycles. The van der Waals surface area contributed by atoms with Gasteiger partial charge in [0.2, 0.25) is 5.91 Å². The summed E-state index contributed by atoms with van der Waals surface area (Å²) in [5.74, 6) is -1.58. The van der Waals surface area contributed by atoms with E-state index < -0.39 is 23.4 Å². The number of Topliss-reactive ketones (excluding diaryl/α,β-unsaturated/α-hetero) is 1. The summed E-state index contributed by atoms with van der Waals surface area (Å²) < 4.78 is 43.3. The van der Waals surface area contributed by atoms with E-state index >= 15 is 0 Å². The van der Waals surface area contributed by atoms with Gasteiger partial charge in [0, 0.05) is 12.0 Å². The molecule has 2 N–H and O–H groups in total. The van der Waals surface area contributed by atoms with Crippen molar-refractivity contribution in [2.75, 3.05) is 6.61 Å². The van der Waals surface area contributed by atoms with Crippen molar-refractivity contribution in [2.45, 2.75) is 19.5 Å². The minimum Gasteiger partial charge on any atom is -0.492 e. The molecule has 1 amide bonds. The van der Waals surface area contributed by atoms with Crippen molar-refractivity contribution in [3.8, 4) is 5.75 Å². The minimum atomic E-state index is -4.67. The van der Waals surface area contributed by atoms with Crippen LogP contribution in [0.3, 0.4) is 0 Å². The average Bonchev–Trinajstić information content (AvgIpc) is 2.27. The van der Waals surface area contributed by atoms with E-state index in [4.69, 9.17) is 10.5 Å². The summed E-state index contributed by atoms with van der Waals surface area (Å²) in [6.07, 6.45) is -4.66. The molecule has 1 aromatic rings. The molecule has 0 aliphatic rings. The number of carbonyl (C=O) groups excluding carboxylic acids is 2. The molecule has 0 saturated heterocycles. The third-order valence-corrected chi connectivity index (χ3v) is 2.28. The lowest BCUT2D eigenvalue weighted by Gasteiger charge is -2.14. The summed E-state index contributed by atoms with van der Waals surface area (Å²) >= 11 is 0. The summed E-state index contributed by atoms with van der Waals surface area (Å²) in [5.41, 5.74) is 3.58. The Kier molecular flexibility index (Phi) is 4.52. The van der Waals surface area contributed by atoms with Crippen molar-refractivity contribution in [1.29, 1.82) is 0 Å². The van der Waals surface area contributed by atoms with Crippen LogP contribution in [0.5, 0.6) is 5.75 Å². The zero-order valence-corrected chi connectivity index (χ0v) is 10.1. The molecular formula is C12H12F3NO3. The Bertz CT molecular complexity index is 497. The highest BCUT2D eigenvalue weighted by Gasteiger charge is 2.35. The Hall–Kier alpha value is -2.05. The van der Waals surface area contributed by atoms with Gasteiger partial charge >= 0.3 is 6.18 Å². The first kappa shape index (κ1) is 15.0. The third-order valence-electron chi connectivity index (χ3n) is 2.28. The summed E-state index contributed by atoms with van der Waals surface area (Å²) in [5, 5.41) is 0. The van der Waals surface area contributed by atoms with E-state index in [1.807, 2.05) is 0 Å². The smallest absolute Gasteiger partial charge is 0.419 e. The van der Waals surface area contributed by atoms with Crippen LogP contribution in [0, 0.1) is 0 Å². The maximum Gasteiger partial charge on any atom is 0.419 e. The van der Waals surface area contributed by atoms with E-state index in [9.17, 15) is 22.8 Å². The molecule has 0 saturated carbocycles. The van der Waals surface area contributed by atoms with Crippen LogP contribution >= 0.6 is 0 Å². The average molecular weight is 275 g/mol. The molecule has 0 aliphatic carbocycles. The molecule has 1 aromatic carbocycles. The van der Waals surface area contributed by atoms with Gasteiger partial charge in [0.15, 0.2) is 0 Å². The lowest BCUT2D eigenvalue weighted by Crippen LogP contribution is -2.15. The lowest BCUT2D eigenvalue weighted by atomic mass is 10.1. The van der Waals surface area contributed by atoms with Crippen LogP contribution in [-0.4, -0.2) is 18.3 Å². The summed E-state index contributed by atoms with van der Waals surface area (Å²) in [7, 11) is 0. The predicted octanol–water partition coefficient (Wildman–Crippen LogP) is 2.16. The standard InChI is InChI=1S/C12H12F3NO3/c1-7(17)4-5-19-10-3-2-8(11(16)18)6-9(10)12(13,14)15/h2-3,6H,4-5H2,1H3,(H2,16,18). The number of ether oxygens (including phenoxy) is 1. The largest absolute Gasteiger partial charge is 0.492 e. The molecule has 0 fully saturated rings. The number of halogens is 3. The zero-order chi connectivity index (χ0) is 14.6. The molecule has 104 valence electrons. The Morgan fingerprint density at radius 3 is 2.42 bits per heavy atom. The van der Waals surface area contributed by atoms with E-state index in [0.717, 1.165) is 12.1 Å². The van der Waals surface area contributed by atoms with Gasteiger partial charge in [-0.25, -0.2) is 0 Å². The maximum atomic E-state index is 12.8. The number of ketones is 1. The Morgan fingerprint density at radius 1 is 1.32 bits per heavy atom. The van der Waals surface area contributed by atoms with Gasteiger partial charge in [-0.3, -0.25) is 9.59 Å². The number of carbonyl (C=O) groups is 2. The van der Waals surface area contributed by atoms with Crippen molar-refractivity contribution in [3.63, 3.8) is 0 Å². The van der Waals surface area contributed by atoms with E-state index in [1.54, 1.807) is 0 Å². The van der Waals surface area contributed by atoms with Crippen molar-refractivity contribution < 1.29 is 27.5 Å². The minimum absolute atomic E-state index is 0.00880. The Labute approximate surface area is 107 Å². The fourth-order valence-corrected chi connectivity index (χ4v) is 1.34. The first-order valence-electron chi connectivity index (χ1n) is 5.35. The zero-order valence-electron chi connectivity index (χ0n) is 10.1. The number of amides is 1. The summed E-state index contributed by atoms with van der Waals surface area (Å²) in [6, 6.07) is 2.79. The molecule has 4 nitrogen and oxygen atoms in total. The van der Waals surface area contributed by atoms with Crippen molar-refractivity contribution in [1.82, 2.24) is 0 Å². The van der Waals surface area contributed by atoms with Crippen LogP contribution in [0.4, 0.5) is 13.2 Å². The number of primary amides is 1. The summed E-state index contributed by atoms with van der Waals surface area (Å²) in [4.78, 5) is 21.6. The maximum absolute atomic E-state index is 12.8. The van der Waals surface area contributed by atoms with Crippen LogP contribution in [0.2, 0.25) is 0 Å². The molecule has 0 spiro atoms. The van der Waals surface area contributed by atoms with E-state index in [2.05, 4.69) is 0 Å². The number of hydrogen-bond acceptors (Lipinski definition) is 3. The topological polar surface area (TPSA) is 69.4 Å². The van der Waals surface area contributed by atoms with Gasteiger partial charge in [0.25, 0.3) is 0 Å². The van der Waals surface area contributed by atoms with Gasteiger partial charge in [-0.05, 0) is 25.1 Å². The van der Waals surface area contributed by atoms with Gasteiger partial charge in [0.1, 0.15) is 11.5 Å². The molecular weight excluding hydrogens is 263 g/mol. The van der Waals surface area contributed by atoms with E-state index in [0.29, 0.717) is 6.07 Å². The van der Waals surface area contributed by atoms with E-state index in [1.165, 1.54) is 6.92 Å². The molecule has 0 atom stereocenters. The number of hydrogen-bond donors (Lipinski definition) is 1. The molecule has 1 rings (SSSR count). The van der Waals surface area contributed by atoms with Crippen LogP contribution in [0.25, 0.3) is 0 Å². The quantitative estimate of drug-likeness (QED) is 0.895. The highest BCUT2D eigenvalue weighted by Crippen LogP contribution is 2.36. The molecule has 0 unspecified atom stereocenters. The molecule has 0 bridgehead atoms. The lowest BCUT2D eigenvalue weighted by molar-refractivity contribution is -0.138. The number of alkyl halides is 3. The first-order valence-corrected chi connectivity index (χ1v) is 5.35. The van der Waals surface area contributed by atoms with Gasteiger partial charge in [-0.15, -0.1) is 0 Å². The molecule has 0 radical (unpaired) electrons. The predicted molar refractivity (Wildman–Crippen MR) is 60.8 cm³/mol.